The number of halogens is 1. The van der Waals surface area contributed by atoms with Crippen LogP contribution in [0.2, 0.25) is 5.02 Å². The highest BCUT2D eigenvalue weighted by molar-refractivity contribution is 6.33. The fourth-order valence-corrected chi connectivity index (χ4v) is 2.59. The molecule has 0 saturated heterocycles. The number of amides is 1. The molecule has 1 rings (SSSR count). The number of nitrogens with zero attached hydrogens (tertiary/aromatic N) is 1. The lowest BCUT2D eigenvalue weighted by molar-refractivity contribution is -0.117. The molecular weight excluding hydrogens is 338 g/mol. The maximum Gasteiger partial charge on any atom is 0.263 e. The average Bonchev–Trinajstić information content (AvgIpc) is 2.56. The highest BCUT2D eigenvalue weighted by Gasteiger charge is 2.09. The normalized spacial score (nSPS) is 11.1. The van der Waals surface area contributed by atoms with Gasteiger partial charge in [0.15, 0.2) is 0 Å². The first-order valence-corrected chi connectivity index (χ1v) is 8.86. The van der Waals surface area contributed by atoms with Crippen LogP contribution in [-0.4, -0.2) is 25.7 Å². The van der Waals surface area contributed by atoms with Crippen LogP contribution in [0.4, 0.5) is 5.69 Å². The quantitative estimate of drug-likeness (QED) is 0.373. The van der Waals surface area contributed by atoms with E-state index in [1.807, 2.05) is 32.0 Å². The second-order valence-corrected chi connectivity index (χ2v) is 6.24. The Morgan fingerprint density at radius 3 is 2.68 bits per heavy atom. The van der Waals surface area contributed by atoms with Gasteiger partial charge >= 0.3 is 0 Å². The Labute approximate surface area is 155 Å². The van der Waals surface area contributed by atoms with Crippen molar-refractivity contribution in [3.05, 3.63) is 40.1 Å². The molecule has 0 saturated carbocycles. The molecule has 0 bridgehead atoms. The van der Waals surface area contributed by atoms with Crippen molar-refractivity contribution >= 4 is 23.2 Å². The SMILES string of the molecule is CCCCOCCCNC(=O)/C(C#N)=C\Nc1c(C)cc(C)cc1Cl. The van der Waals surface area contributed by atoms with Gasteiger partial charge in [-0.05, 0) is 43.9 Å². The second-order valence-electron chi connectivity index (χ2n) is 5.83. The van der Waals surface area contributed by atoms with Crippen LogP contribution in [0.15, 0.2) is 23.9 Å². The van der Waals surface area contributed by atoms with Crippen molar-refractivity contribution in [3.63, 3.8) is 0 Å². The Morgan fingerprint density at radius 1 is 1.32 bits per heavy atom. The van der Waals surface area contributed by atoms with Crippen molar-refractivity contribution in [2.24, 2.45) is 0 Å². The minimum Gasteiger partial charge on any atom is -0.381 e. The molecule has 0 aliphatic heterocycles. The number of ether oxygens (including phenoxy) is 1. The molecule has 0 aliphatic carbocycles. The summed E-state index contributed by atoms with van der Waals surface area (Å²) in [6.07, 6.45) is 4.24. The van der Waals surface area contributed by atoms with Gasteiger partial charge < -0.3 is 15.4 Å². The van der Waals surface area contributed by atoms with E-state index in [4.69, 9.17) is 16.3 Å². The number of benzene rings is 1. The topological polar surface area (TPSA) is 74.1 Å². The van der Waals surface area contributed by atoms with E-state index in [-0.39, 0.29) is 5.57 Å². The maximum atomic E-state index is 12.0. The van der Waals surface area contributed by atoms with Gasteiger partial charge in [0, 0.05) is 26.0 Å². The fraction of sp³-hybridized carbons (Fsp3) is 0.474. The number of nitriles is 1. The van der Waals surface area contributed by atoms with Crippen molar-refractivity contribution in [1.82, 2.24) is 5.32 Å². The Morgan fingerprint density at radius 2 is 2.04 bits per heavy atom. The molecule has 5 nitrogen and oxygen atoms in total. The van der Waals surface area contributed by atoms with E-state index < -0.39 is 5.91 Å². The van der Waals surface area contributed by atoms with E-state index in [2.05, 4.69) is 17.6 Å². The summed E-state index contributed by atoms with van der Waals surface area (Å²) in [6, 6.07) is 5.71. The fourth-order valence-electron chi connectivity index (χ4n) is 2.21. The van der Waals surface area contributed by atoms with E-state index >= 15 is 0 Å². The number of anilines is 1. The molecule has 136 valence electrons. The first-order chi connectivity index (χ1) is 12.0. The van der Waals surface area contributed by atoms with Crippen LogP contribution >= 0.6 is 11.6 Å². The molecule has 1 aromatic rings. The van der Waals surface area contributed by atoms with Crippen LogP contribution in [0.1, 0.15) is 37.3 Å². The summed E-state index contributed by atoms with van der Waals surface area (Å²) in [4.78, 5) is 12.0. The Hall–Kier alpha value is -2.03. The molecular formula is C19H26ClN3O2. The Kier molecular flexibility index (Phi) is 9.68. The molecule has 25 heavy (non-hydrogen) atoms. The van der Waals surface area contributed by atoms with Gasteiger partial charge in [0.2, 0.25) is 0 Å². The largest absolute Gasteiger partial charge is 0.381 e. The summed E-state index contributed by atoms with van der Waals surface area (Å²) in [5.74, 6) is -0.413. The van der Waals surface area contributed by atoms with E-state index in [9.17, 15) is 10.1 Å². The van der Waals surface area contributed by atoms with Crippen LogP contribution in [0.5, 0.6) is 0 Å². The molecule has 0 aromatic heterocycles. The number of rotatable bonds is 10. The summed E-state index contributed by atoms with van der Waals surface area (Å²) < 4.78 is 5.43. The van der Waals surface area contributed by atoms with E-state index in [1.54, 1.807) is 0 Å². The average molecular weight is 364 g/mol. The third kappa shape index (κ3) is 7.59. The first kappa shape index (κ1) is 21.0. The van der Waals surface area contributed by atoms with Crippen molar-refractivity contribution in [3.8, 4) is 6.07 Å². The molecule has 0 atom stereocenters. The van der Waals surface area contributed by atoms with Crippen molar-refractivity contribution < 1.29 is 9.53 Å². The van der Waals surface area contributed by atoms with Crippen molar-refractivity contribution in [2.45, 2.75) is 40.0 Å². The van der Waals surface area contributed by atoms with Gasteiger partial charge in [-0.3, -0.25) is 4.79 Å². The van der Waals surface area contributed by atoms with E-state index in [1.165, 1.54) is 6.20 Å². The predicted octanol–water partition coefficient (Wildman–Crippen LogP) is 4.10. The number of unbranched alkanes of at least 4 members (excludes halogenated alkanes) is 1. The van der Waals surface area contributed by atoms with Crippen LogP contribution < -0.4 is 10.6 Å². The predicted molar refractivity (Wildman–Crippen MR) is 102 cm³/mol. The molecule has 0 heterocycles. The summed E-state index contributed by atoms with van der Waals surface area (Å²) >= 11 is 6.21. The number of carbonyl (C=O) groups excluding carboxylic acids is 1. The van der Waals surface area contributed by atoms with Gasteiger partial charge in [-0.25, -0.2) is 0 Å². The molecule has 0 spiro atoms. The molecule has 1 aromatic carbocycles. The zero-order valence-corrected chi connectivity index (χ0v) is 15.9. The smallest absolute Gasteiger partial charge is 0.263 e. The lowest BCUT2D eigenvalue weighted by Gasteiger charge is -2.10. The van der Waals surface area contributed by atoms with Crippen LogP contribution in [-0.2, 0) is 9.53 Å². The molecule has 2 N–H and O–H groups in total. The maximum absolute atomic E-state index is 12.0. The van der Waals surface area contributed by atoms with Crippen LogP contribution in [0, 0.1) is 25.2 Å². The number of hydrogen-bond acceptors (Lipinski definition) is 4. The molecule has 0 fully saturated rings. The van der Waals surface area contributed by atoms with E-state index in [0.29, 0.717) is 30.3 Å². The molecule has 6 heteroatoms. The second kappa shape index (κ2) is 11.5. The molecule has 0 radical (unpaired) electrons. The third-order valence-electron chi connectivity index (χ3n) is 3.55. The monoisotopic (exact) mass is 363 g/mol. The van der Waals surface area contributed by atoms with Gasteiger partial charge in [-0.15, -0.1) is 0 Å². The lowest BCUT2D eigenvalue weighted by atomic mass is 10.1. The Balaban J connectivity index is 2.51. The number of carbonyl (C=O) groups is 1. The minimum atomic E-state index is -0.413. The third-order valence-corrected chi connectivity index (χ3v) is 3.85. The van der Waals surface area contributed by atoms with Gasteiger partial charge in [-0.1, -0.05) is 31.0 Å². The van der Waals surface area contributed by atoms with Crippen molar-refractivity contribution in [2.75, 3.05) is 25.1 Å². The summed E-state index contributed by atoms with van der Waals surface area (Å²) in [6.45, 7) is 7.79. The van der Waals surface area contributed by atoms with E-state index in [0.717, 1.165) is 30.6 Å². The van der Waals surface area contributed by atoms with Crippen LogP contribution in [0.25, 0.3) is 0 Å². The van der Waals surface area contributed by atoms with Gasteiger partial charge in [0.05, 0.1) is 10.7 Å². The zero-order valence-electron chi connectivity index (χ0n) is 15.1. The number of aryl methyl sites for hydroxylation is 2. The summed E-state index contributed by atoms with van der Waals surface area (Å²) in [7, 11) is 0. The minimum absolute atomic E-state index is 0.00273. The van der Waals surface area contributed by atoms with Crippen LogP contribution in [0.3, 0.4) is 0 Å². The van der Waals surface area contributed by atoms with Gasteiger partial charge in [-0.2, -0.15) is 5.26 Å². The lowest BCUT2D eigenvalue weighted by Crippen LogP contribution is -2.26. The summed E-state index contributed by atoms with van der Waals surface area (Å²) in [5, 5.41) is 15.4. The van der Waals surface area contributed by atoms with Gasteiger partial charge in [0.25, 0.3) is 5.91 Å². The molecule has 0 aliphatic rings. The molecule has 0 unspecified atom stereocenters. The molecule has 1 amide bonds. The number of hydrogen-bond donors (Lipinski definition) is 2. The Bertz CT molecular complexity index is 628. The first-order valence-electron chi connectivity index (χ1n) is 8.49. The zero-order chi connectivity index (χ0) is 18.7. The van der Waals surface area contributed by atoms with Gasteiger partial charge in [0.1, 0.15) is 11.6 Å². The highest BCUT2D eigenvalue weighted by atomic mass is 35.5. The standard InChI is InChI=1S/C19H26ClN3O2/c1-4-5-8-25-9-6-7-22-19(24)16(12-21)13-23-18-15(3)10-14(2)11-17(18)20/h10-11,13,23H,4-9H2,1-3H3,(H,22,24)/b16-13-. The highest BCUT2D eigenvalue weighted by Crippen LogP contribution is 2.27. The summed E-state index contributed by atoms with van der Waals surface area (Å²) in [5.41, 5.74) is 2.69. The van der Waals surface area contributed by atoms with Crippen molar-refractivity contribution in [1.29, 1.82) is 5.26 Å². The number of nitrogens with one attached hydrogen (secondary N) is 2.